The smallest absolute Gasteiger partial charge is 0.214 e. The Hall–Kier alpha value is -1.71. The van der Waals surface area contributed by atoms with E-state index < -0.39 is 10.0 Å². The number of nitrogens with one attached hydrogen (secondary N) is 1. The number of nitrogens with zero attached hydrogens (tertiary/aromatic N) is 4. The summed E-state index contributed by atoms with van der Waals surface area (Å²) in [6, 6.07) is -0.0652. The molecule has 0 aromatic carbocycles. The molecule has 9 heteroatoms. The molecule has 0 unspecified atom stereocenters. The summed E-state index contributed by atoms with van der Waals surface area (Å²) in [6.45, 7) is 3.06. The Kier molecular flexibility index (Phi) is 5.79. The van der Waals surface area contributed by atoms with Crippen LogP contribution in [0.25, 0.3) is 11.5 Å². The van der Waals surface area contributed by atoms with E-state index in [1.54, 1.807) is 26.5 Å². The van der Waals surface area contributed by atoms with Crippen LogP contribution in [-0.4, -0.2) is 65.3 Å². The third-order valence-electron chi connectivity index (χ3n) is 4.81. The third-order valence-corrected chi connectivity index (χ3v) is 6.77. The van der Waals surface area contributed by atoms with Crippen molar-refractivity contribution < 1.29 is 13.2 Å². The van der Waals surface area contributed by atoms with Gasteiger partial charge in [0.2, 0.25) is 10.0 Å². The molecule has 1 N–H and O–H groups in total. The normalized spacial score (nSPS) is 20.9. The third kappa shape index (κ3) is 3.99. The summed E-state index contributed by atoms with van der Waals surface area (Å²) in [5.74, 6) is 1.67. The number of sulfonamides is 1. The zero-order chi connectivity index (χ0) is 18.7. The van der Waals surface area contributed by atoms with E-state index in [0.717, 1.165) is 36.6 Å². The van der Waals surface area contributed by atoms with Gasteiger partial charge in [0.05, 0.1) is 31.2 Å². The van der Waals surface area contributed by atoms with Crippen LogP contribution in [0.2, 0.25) is 0 Å². The number of hydrogen-bond acceptors (Lipinski definition) is 5. The van der Waals surface area contributed by atoms with Crippen molar-refractivity contribution in [1.82, 2.24) is 23.8 Å². The minimum atomic E-state index is -3.29. The molecule has 3 rings (SSSR count). The van der Waals surface area contributed by atoms with E-state index in [-0.39, 0.29) is 17.7 Å². The Morgan fingerprint density at radius 3 is 2.88 bits per heavy atom. The molecule has 3 heterocycles. The van der Waals surface area contributed by atoms with Crippen molar-refractivity contribution in [2.75, 3.05) is 33.1 Å². The molecule has 1 saturated heterocycles. The van der Waals surface area contributed by atoms with Crippen LogP contribution >= 0.6 is 0 Å². The second-order valence-corrected chi connectivity index (χ2v) is 9.16. The zero-order valence-corrected chi connectivity index (χ0v) is 16.4. The van der Waals surface area contributed by atoms with E-state index in [0.29, 0.717) is 13.2 Å². The van der Waals surface area contributed by atoms with Crippen molar-refractivity contribution >= 4 is 10.0 Å². The van der Waals surface area contributed by atoms with Crippen LogP contribution in [0.3, 0.4) is 0 Å². The number of aryl methyl sites for hydroxylation is 1. The fourth-order valence-electron chi connectivity index (χ4n) is 3.21. The Labute approximate surface area is 154 Å². The summed E-state index contributed by atoms with van der Waals surface area (Å²) in [7, 11) is -0.168. The number of ether oxygens (including phenoxy) is 1. The van der Waals surface area contributed by atoms with Crippen molar-refractivity contribution in [3.8, 4) is 11.5 Å². The van der Waals surface area contributed by atoms with Gasteiger partial charge in [0, 0.05) is 38.8 Å². The lowest BCUT2D eigenvalue weighted by Gasteiger charge is -2.22. The number of aromatic amines is 1. The highest BCUT2D eigenvalue weighted by Crippen LogP contribution is 2.31. The number of rotatable bonds is 8. The quantitative estimate of drug-likeness (QED) is 0.751. The predicted molar refractivity (Wildman–Crippen MR) is 99.2 cm³/mol. The molecule has 1 aliphatic heterocycles. The average molecular weight is 382 g/mol. The van der Waals surface area contributed by atoms with Crippen LogP contribution in [0, 0.1) is 5.92 Å². The summed E-state index contributed by atoms with van der Waals surface area (Å²) >= 11 is 0. The summed E-state index contributed by atoms with van der Waals surface area (Å²) in [5.41, 5.74) is 0.849. The standard InChI is InChI=1S/C17H27N5O3S/c1-4-5-6-16-19-9-14(20-16)17-18-7-8-22(17)15-11-25-10-13(15)12-26(23,24)21(2)3/h7-9,13,15H,4-6,10-12H2,1-3H3,(H,19,20)/t13-,15-/m1/s1. The van der Waals surface area contributed by atoms with E-state index >= 15 is 0 Å². The van der Waals surface area contributed by atoms with E-state index in [9.17, 15) is 8.42 Å². The van der Waals surface area contributed by atoms with Gasteiger partial charge < -0.3 is 14.3 Å². The minimum absolute atomic E-state index is 0.0625. The SMILES string of the molecule is CCCCc1ncc(-c2nccn2[C@@H]2COC[C@@H]2CS(=O)(=O)N(C)C)[nH]1. The first-order valence-corrected chi connectivity index (χ1v) is 10.6. The molecule has 0 aliphatic carbocycles. The molecule has 2 aromatic rings. The van der Waals surface area contributed by atoms with Crippen LogP contribution < -0.4 is 0 Å². The highest BCUT2D eigenvalue weighted by Gasteiger charge is 2.35. The fraction of sp³-hybridized carbons (Fsp3) is 0.647. The van der Waals surface area contributed by atoms with Gasteiger partial charge in [-0.1, -0.05) is 13.3 Å². The molecule has 0 amide bonds. The van der Waals surface area contributed by atoms with Crippen molar-refractivity contribution in [2.45, 2.75) is 32.2 Å². The Morgan fingerprint density at radius 1 is 1.35 bits per heavy atom. The van der Waals surface area contributed by atoms with Crippen molar-refractivity contribution in [3.63, 3.8) is 0 Å². The topological polar surface area (TPSA) is 93.1 Å². The number of imidazole rings is 2. The van der Waals surface area contributed by atoms with Crippen molar-refractivity contribution in [1.29, 1.82) is 0 Å². The maximum atomic E-state index is 12.3. The summed E-state index contributed by atoms with van der Waals surface area (Å²) in [5, 5.41) is 0. The molecular formula is C17H27N5O3S. The van der Waals surface area contributed by atoms with Crippen LogP contribution in [0.5, 0.6) is 0 Å². The fourth-order valence-corrected chi connectivity index (χ4v) is 4.37. The number of unbranched alkanes of at least 4 members (excludes halogenated alkanes) is 1. The van der Waals surface area contributed by atoms with Crippen LogP contribution in [0.1, 0.15) is 31.6 Å². The molecule has 144 valence electrons. The monoisotopic (exact) mass is 381 g/mol. The van der Waals surface area contributed by atoms with Gasteiger partial charge in [-0.3, -0.25) is 0 Å². The van der Waals surface area contributed by atoms with Crippen LogP contribution in [0.15, 0.2) is 18.6 Å². The molecule has 2 atom stereocenters. The second-order valence-electron chi connectivity index (χ2n) is 6.93. The van der Waals surface area contributed by atoms with Crippen molar-refractivity contribution in [3.05, 3.63) is 24.4 Å². The summed E-state index contributed by atoms with van der Waals surface area (Å²) in [4.78, 5) is 12.2. The maximum absolute atomic E-state index is 12.3. The van der Waals surface area contributed by atoms with Gasteiger partial charge in [-0.15, -0.1) is 0 Å². The van der Waals surface area contributed by atoms with E-state index in [2.05, 4.69) is 21.9 Å². The van der Waals surface area contributed by atoms with Crippen LogP contribution in [0.4, 0.5) is 0 Å². The zero-order valence-electron chi connectivity index (χ0n) is 15.6. The number of aromatic nitrogens is 4. The minimum Gasteiger partial charge on any atom is -0.379 e. The first-order chi connectivity index (χ1) is 12.4. The number of hydrogen-bond donors (Lipinski definition) is 1. The van der Waals surface area contributed by atoms with Gasteiger partial charge in [0.15, 0.2) is 5.82 Å². The largest absolute Gasteiger partial charge is 0.379 e. The molecule has 1 fully saturated rings. The Bertz CT molecular complexity index is 827. The molecular weight excluding hydrogens is 354 g/mol. The first-order valence-electron chi connectivity index (χ1n) is 8.97. The number of H-pyrrole nitrogens is 1. The highest BCUT2D eigenvalue weighted by molar-refractivity contribution is 7.89. The van der Waals surface area contributed by atoms with E-state index in [4.69, 9.17) is 4.74 Å². The van der Waals surface area contributed by atoms with Crippen molar-refractivity contribution in [2.24, 2.45) is 5.92 Å². The Morgan fingerprint density at radius 2 is 2.15 bits per heavy atom. The van der Waals surface area contributed by atoms with Crippen LogP contribution in [-0.2, 0) is 21.2 Å². The average Bonchev–Trinajstić information content (AvgIpc) is 3.31. The van der Waals surface area contributed by atoms with E-state index in [1.165, 1.54) is 4.31 Å². The van der Waals surface area contributed by atoms with Gasteiger partial charge in [0.25, 0.3) is 0 Å². The van der Waals surface area contributed by atoms with Gasteiger partial charge in [-0.05, 0) is 6.42 Å². The highest BCUT2D eigenvalue weighted by atomic mass is 32.2. The van der Waals surface area contributed by atoms with Gasteiger partial charge in [-0.25, -0.2) is 22.7 Å². The Balaban J connectivity index is 1.82. The summed E-state index contributed by atoms with van der Waals surface area (Å²) in [6.07, 6.45) is 8.53. The first kappa shape index (κ1) is 19.1. The molecule has 1 aliphatic rings. The molecule has 0 spiro atoms. The lowest BCUT2D eigenvalue weighted by atomic mass is 10.1. The van der Waals surface area contributed by atoms with E-state index in [1.807, 2.05) is 10.8 Å². The lowest BCUT2D eigenvalue weighted by Crippen LogP contribution is -2.32. The summed E-state index contributed by atoms with van der Waals surface area (Å²) < 4.78 is 33.5. The molecule has 2 aromatic heterocycles. The van der Waals surface area contributed by atoms with Gasteiger partial charge >= 0.3 is 0 Å². The molecule has 0 saturated carbocycles. The second kappa shape index (κ2) is 7.89. The maximum Gasteiger partial charge on any atom is 0.214 e. The molecule has 26 heavy (non-hydrogen) atoms. The van der Waals surface area contributed by atoms with Gasteiger partial charge in [-0.2, -0.15) is 0 Å². The molecule has 0 bridgehead atoms. The lowest BCUT2D eigenvalue weighted by molar-refractivity contribution is 0.182. The predicted octanol–water partition coefficient (Wildman–Crippen LogP) is 1.69. The molecule has 8 nitrogen and oxygen atoms in total. The molecule has 0 radical (unpaired) electrons. The van der Waals surface area contributed by atoms with Gasteiger partial charge in [0.1, 0.15) is 11.5 Å².